The predicted molar refractivity (Wildman–Crippen MR) is 133 cm³/mol. The number of aliphatic carboxylic acids is 1. The summed E-state index contributed by atoms with van der Waals surface area (Å²) in [5.74, 6) is 0.124. The van der Waals surface area contributed by atoms with Crippen LogP contribution in [0.2, 0.25) is 0 Å². The van der Waals surface area contributed by atoms with E-state index in [0.717, 1.165) is 75.0 Å². The number of halogens is 1. The number of pyridine rings is 1. The number of carboxylic acid groups (broad SMARTS) is 1. The molecule has 0 radical (unpaired) electrons. The van der Waals surface area contributed by atoms with Crippen molar-refractivity contribution < 1.29 is 19.0 Å². The molecule has 2 N–H and O–H groups in total. The molecule has 2 aliphatic carbocycles. The molecule has 2 heterocycles. The summed E-state index contributed by atoms with van der Waals surface area (Å²) >= 11 is 0. The highest BCUT2D eigenvalue weighted by Gasteiger charge is 2.40. The van der Waals surface area contributed by atoms with E-state index < -0.39 is 12.0 Å². The molecule has 7 heteroatoms. The molecule has 0 saturated heterocycles. The molecular weight excluding hydrogens is 445 g/mol. The molecule has 1 aromatic carbocycles. The van der Waals surface area contributed by atoms with Crippen molar-refractivity contribution in [3.63, 3.8) is 0 Å². The average molecular weight is 482 g/mol. The maximum absolute atomic E-state index is 14.0. The summed E-state index contributed by atoms with van der Waals surface area (Å²) in [5.41, 5.74) is 4.05. The zero-order chi connectivity index (χ0) is 24.4. The summed E-state index contributed by atoms with van der Waals surface area (Å²) in [6.45, 7) is 1.72. The summed E-state index contributed by atoms with van der Waals surface area (Å²) in [7, 11) is 1.85. The van der Waals surface area contributed by atoms with E-state index in [9.17, 15) is 14.3 Å². The minimum absolute atomic E-state index is 0.128. The maximum atomic E-state index is 14.0. The Balaban J connectivity index is 1.07. The molecule has 0 spiro atoms. The van der Waals surface area contributed by atoms with E-state index in [4.69, 9.17) is 9.72 Å². The van der Waals surface area contributed by atoms with Crippen molar-refractivity contribution in [2.75, 3.05) is 25.5 Å². The maximum Gasteiger partial charge on any atom is 0.325 e. The number of carboxylic acids is 1. The zero-order valence-electron chi connectivity index (χ0n) is 20.5. The molecule has 6 nitrogen and oxygen atoms in total. The Hall–Kier alpha value is -2.51. The number of carbonyl (C=O) groups is 1. The van der Waals surface area contributed by atoms with Gasteiger partial charge in [0.2, 0.25) is 0 Å². The molecule has 2 fully saturated rings. The first-order valence-corrected chi connectivity index (χ1v) is 13.1. The van der Waals surface area contributed by atoms with Crippen molar-refractivity contribution in [3.8, 4) is 0 Å². The van der Waals surface area contributed by atoms with Crippen LogP contribution in [0.1, 0.15) is 79.3 Å². The number of fused-ring (bicyclic) bond motifs is 1. The number of unbranched alkanes of at least 4 members (excludes halogenated alkanes) is 1. The average Bonchev–Trinajstić information content (AvgIpc) is 3.65. The van der Waals surface area contributed by atoms with Crippen molar-refractivity contribution in [2.24, 2.45) is 0 Å². The third-order valence-corrected chi connectivity index (χ3v) is 7.78. The standard InChI is InChI=1S/C28H36FN3O3/c1-32(26(28(33)34)25-15-20(29)10-12-24(25)18-7-8-18)22-16-23(17-22)35-14-3-2-6-21-11-9-19-5-4-13-30-27(19)31-21/h9-12,15,18,22-23,26H,2-8,13-14,16-17H2,1H3,(H,30,31)(H,33,34)/t22?,23?,26-/m1/s1. The van der Waals surface area contributed by atoms with Gasteiger partial charge in [0.05, 0.1) is 6.10 Å². The van der Waals surface area contributed by atoms with Gasteiger partial charge in [-0.15, -0.1) is 0 Å². The summed E-state index contributed by atoms with van der Waals surface area (Å²) in [5, 5.41) is 13.4. The van der Waals surface area contributed by atoms with Crippen molar-refractivity contribution in [1.29, 1.82) is 0 Å². The number of hydrogen-bond acceptors (Lipinski definition) is 5. The summed E-state index contributed by atoms with van der Waals surface area (Å²) in [6.07, 6.45) is 9.13. The van der Waals surface area contributed by atoms with E-state index in [1.807, 2.05) is 11.9 Å². The molecule has 2 saturated carbocycles. The minimum atomic E-state index is -0.921. The molecule has 3 aliphatic rings. The number of ether oxygens (including phenoxy) is 1. The van der Waals surface area contributed by atoms with Crippen LogP contribution in [0.4, 0.5) is 10.2 Å². The lowest BCUT2D eigenvalue weighted by Crippen LogP contribution is -2.49. The van der Waals surface area contributed by atoms with Crippen LogP contribution in [0.3, 0.4) is 0 Å². The zero-order valence-corrected chi connectivity index (χ0v) is 20.5. The summed E-state index contributed by atoms with van der Waals surface area (Å²) in [6, 6.07) is 8.28. The van der Waals surface area contributed by atoms with Gasteiger partial charge in [-0.2, -0.15) is 0 Å². The van der Waals surface area contributed by atoms with Crippen molar-refractivity contribution in [3.05, 3.63) is 58.5 Å². The number of rotatable bonds is 11. The topological polar surface area (TPSA) is 74.7 Å². The number of benzene rings is 1. The number of hydrogen-bond donors (Lipinski definition) is 2. The fourth-order valence-corrected chi connectivity index (χ4v) is 5.46. The molecule has 0 amide bonds. The normalized spacial score (nSPS) is 22.3. The van der Waals surface area contributed by atoms with E-state index in [1.54, 1.807) is 6.07 Å². The van der Waals surface area contributed by atoms with Crippen LogP contribution < -0.4 is 5.32 Å². The van der Waals surface area contributed by atoms with E-state index in [0.29, 0.717) is 18.1 Å². The minimum Gasteiger partial charge on any atom is -0.480 e. The Bertz CT molecular complexity index is 1050. The fraction of sp³-hybridized carbons (Fsp3) is 0.571. The van der Waals surface area contributed by atoms with Gasteiger partial charge in [0.15, 0.2) is 0 Å². The largest absolute Gasteiger partial charge is 0.480 e. The first-order valence-electron chi connectivity index (χ1n) is 13.1. The Kier molecular flexibility index (Phi) is 7.35. The van der Waals surface area contributed by atoms with Gasteiger partial charge in [-0.1, -0.05) is 12.1 Å². The van der Waals surface area contributed by atoms with Crippen molar-refractivity contribution in [1.82, 2.24) is 9.88 Å². The second-order valence-corrected chi connectivity index (χ2v) is 10.4. The Morgan fingerprint density at radius 2 is 2.09 bits per heavy atom. The Morgan fingerprint density at radius 1 is 1.26 bits per heavy atom. The molecule has 1 aliphatic heterocycles. The quantitative estimate of drug-likeness (QED) is 0.436. The Labute approximate surface area is 206 Å². The number of aryl methyl sites for hydroxylation is 2. The molecule has 1 atom stereocenters. The molecule has 0 unspecified atom stereocenters. The second-order valence-electron chi connectivity index (χ2n) is 10.4. The number of anilines is 1. The van der Waals surface area contributed by atoms with Crippen LogP contribution in [0, 0.1) is 5.82 Å². The van der Waals surface area contributed by atoms with Gasteiger partial charge in [-0.25, -0.2) is 9.37 Å². The molecular formula is C28H36FN3O3. The first kappa shape index (κ1) is 24.2. The van der Waals surface area contributed by atoms with Crippen molar-refractivity contribution in [2.45, 2.75) is 81.9 Å². The fourth-order valence-electron chi connectivity index (χ4n) is 5.46. The second kappa shape index (κ2) is 10.6. The molecule has 1 aromatic heterocycles. The highest BCUT2D eigenvalue weighted by atomic mass is 19.1. The number of likely N-dealkylation sites (N-methyl/N-ethyl adjacent to an activating group) is 1. The smallest absolute Gasteiger partial charge is 0.325 e. The highest BCUT2D eigenvalue weighted by molar-refractivity contribution is 5.76. The summed E-state index contributed by atoms with van der Waals surface area (Å²) < 4.78 is 20.1. The van der Waals surface area contributed by atoms with Gasteiger partial charge in [-0.05, 0) is 106 Å². The SMILES string of the molecule is CN(C1CC(OCCCCc2ccc3c(n2)NCCC3)C1)[C@@H](C(=O)O)c1cc(F)ccc1C1CC1. The van der Waals surface area contributed by atoms with Gasteiger partial charge in [0, 0.05) is 24.9 Å². The van der Waals surface area contributed by atoms with Crippen molar-refractivity contribution >= 4 is 11.8 Å². The van der Waals surface area contributed by atoms with E-state index in [1.165, 1.54) is 24.1 Å². The van der Waals surface area contributed by atoms with Crippen LogP contribution in [-0.2, 0) is 22.4 Å². The number of nitrogens with zero attached hydrogens (tertiary/aromatic N) is 2. The lowest BCUT2D eigenvalue weighted by atomic mass is 9.85. The predicted octanol–water partition coefficient (Wildman–Crippen LogP) is 5.08. The van der Waals surface area contributed by atoms with E-state index in [2.05, 4.69) is 17.4 Å². The third-order valence-electron chi connectivity index (χ3n) is 7.78. The highest BCUT2D eigenvalue weighted by Crippen LogP contribution is 2.45. The third kappa shape index (κ3) is 5.67. The van der Waals surface area contributed by atoms with Gasteiger partial charge >= 0.3 is 5.97 Å². The van der Waals surface area contributed by atoms with Gasteiger partial charge in [0.1, 0.15) is 17.7 Å². The molecule has 5 rings (SSSR count). The molecule has 188 valence electrons. The lowest BCUT2D eigenvalue weighted by molar-refractivity contribution is -0.146. The molecule has 35 heavy (non-hydrogen) atoms. The van der Waals surface area contributed by atoms with Gasteiger partial charge in [0.25, 0.3) is 0 Å². The van der Waals surface area contributed by atoms with Crippen LogP contribution >= 0.6 is 0 Å². The molecule has 0 bridgehead atoms. The first-order chi connectivity index (χ1) is 17.0. The van der Waals surface area contributed by atoms with Gasteiger partial charge < -0.3 is 15.2 Å². The number of nitrogens with one attached hydrogen (secondary N) is 1. The monoisotopic (exact) mass is 481 g/mol. The molecule has 2 aromatic rings. The van der Waals surface area contributed by atoms with E-state index >= 15 is 0 Å². The number of aromatic nitrogens is 1. The van der Waals surface area contributed by atoms with E-state index in [-0.39, 0.29) is 18.0 Å². The van der Waals surface area contributed by atoms with Crippen LogP contribution in [-0.4, -0.2) is 53.3 Å². The Morgan fingerprint density at radius 3 is 2.86 bits per heavy atom. The summed E-state index contributed by atoms with van der Waals surface area (Å²) in [4.78, 5) is 18.9. The van der Waals surface area contributed by atoms with Gasteiger partial charge in [-0.3, -0.25) is 9.69 Å². The van der Waals surface area contributed by atoms with Crippen LogP contribution in [0.25, 0.3) is 0 Å². The lowest BCUT2D eigenvalue weighted by Gasteiger charge is -2.43. The van der Waals surface area contributed by atoms with Crippen LogP contribution in [0.15, 0.2) is 30.3 Å². The van der Waals surface area contributed by atoms with Crippen LogP contribution in [0.5, 0.6) is 0 Å².